The number of nitrogens with zero attached hydrogens (tertiary/aromatic N) is 1. The first-order valence-corrected chi connectivity index (χ1v) is 5.96. The molecule has 94 valence electrons. The molecule has 1 N–H and O–H groups in total. The number of hydrogen-bond acceptors (Lipinski definition) is 2. The Kier molecular flexibility index (Phi) is 3.00. The summed E-state index contributed by atoms with van der Waals surface area (Å²) < 4.78 is 7.67. The number of ether oxygens (including phenoxy) is 1. The van der Waals surface area contributed by atoms with Crippen molar-refractivity contribution in [1.82, 2.24) is 4.57 Å². The quantitative estimate of drug-likeness (QED) is 0.858. The molecule has 0 aliphatic carbocycles. The number of aryl methyl sites for hydroxylation is 1. The van der Waals surface area contributed by atoms with Crippen LogP contribution in [-0.2, 0) is 10.3 Å². The molecular formula is C13H19NO3. The Hall–Kier alpha value is -1.29. The van der Waals surface area contributed by atoms with Crippen molar-refractivity contribution < 1.29 is 14.6 Å². The van der Waals surface area contributed by atoms with Crippen molar-refractivity contribution >= 4 is 5.97 Å². The van der Waals surface area contributed by atoms with Crippen molar-refractivity contribution in [2.45, 2.75) is 39.2 Å². The van der Waals surface area contributed by atoms with Gasteiger partial charge in [-0.15, -0.1) is 0 Å². The molecule has 4 nitrogen and oxygen atoms in total. The molecule has 0 bridgehead atoms. The molecule has 2 rings (SSSR count). The molecule has 1 aromatic heterocycles. The Balaban J connectivity index is 2.47. The largest absolute Gasteiger partial charge is 0.478 e. The summed E-state index contributed by atoms with van der Waals surface area (Å²) in [5, 5.41) is 9.14. The van der Waals surface area contributed by atoms with Crippen LogP contribution in [0.3, 0.4) is 0 Å². The van der Waals surface area contributed by atoms with Crippen LogP contribution in [0, 0.1) is 13.8 Å². The van der Waals surface area contributed by atoms with Crippen molar-refractivity contribution in [1.29, 1.82) is 0 Å². The second kappa shape index (κ2) is 4.18. The predicted octanol–water partition coefficient (Wildman–Crippen LogP) is 2.33. The number of carbonyl (C=O) groups is 1. The van der Waals surface area contributed by atoms with Gasteiger partial charge in [0.2, 0.25) is 0 Å². The maximum Gasteiger partial charge on any atom is 0.337 e. The van der Waals surface area contributed by atoms with E-state index in [-0.39, 0.29) is 5.54 Å². The van der Waals surface area contributed by atoms with Gasteiger partial charge in [-0.05, 0) is 39.7 Å². The van der Waals surface area contributed by atoms with Crippen LogP contribution in [0.25, 0.3) is 0 Å². The van der Waals surface area contributed by atoms with E-state index in [1.807, 2.05) is 13.8 Å². The van der Waals surface area contributed by atoms with E-state index in [0.717, 1.165) is 30.8 Å². The zero-order valence-electron chi connectivity index (χ0n) is 10.6. The van der Waals surface area contributed by atoms with Gasteiger partial charge in [0.25, 0.3) is 0 Å². The van der Waals surface area contributed by atoms with Gasteiger partial charge in [-0.3, -0.25) is 0 Å². The van der Waals surface area contributed by atoms with Crippen LogP contribution >= 0.6 is 0 Å². The molecule has 1 aliphatic rings. The number of carboxylic acids is 1. The zero-order chi connectivity index (χ0) is 12.6. The molecule has 0 spiro atoms. The number of rotatable bonds is 2. The van der Waals surface area contributed by atoms with Gasteiger partial charge in [0, 0.05) is 18.0 Å². The van der Waals surface area contributed by atoms with Crippen LogP contribution in [0.2, 0.25) is 0 Å². The number of aromatic carboxylic acids is 1. The monoisotopic (exact) mass is 237 g/mol. The molecule has 1 unspecified atom stereocenters. The maximum absolute atomic E-state index is 11.1. The summed E-state index contributed by atoms with van der Waals surface area (Å²) in [6.45, 7) is 7.43. The highest BCUT2D eigenvalue weighted by atomic mass is 16.5. The molecule has 0 amide bonds. The minimum atomic E-state index is -0.857. The van der Waals surface area contributed by atoms with Crippen LogP contribution in [-0.4, -0.2) is 28.9 Å². The van der Waals surface area contributed by atoms with E-state index in [0.29, 0.717) is 12.2 Å². The third-order valence-corrected chi connectivity index (χ3v) is 3.62. The molecule has 1 fully saturated rings. The molecule has 0 aromatic carbocycles. The SMILES string of the molecule is Cc1cc(C(=O)O)c(C)n1C1(C)CCCOC1. The number of aromatic nitrogens is 1. The van der Waals surface area contributed by atoms with E-state index >= 15 is 0 Å². The highest BCUT2D eigenvalue weighted by Gasteiger charge is 2.33. The first-order chi connectivity index (χ1) is 7.96. The first-order valence-electron chi connectivity index (χ1n) is 5.96. The van der Waals surface area contributed by atoms with Gasteiger partial charge in [0.15, 0.2) is 0 Å². The van der Waals surface area contributed by atoms with E-state index < -0.39 is 5.97 Å². The highest BCUT2D eigenvalue weighted by molar-refractivity contribution is 5.89. The molecule has 0 radical (unpaired) electrons. The summed E-state index contributed by atoms with van der Waals surface area (Å²) in [7, 11) is 0. The lowest BCUT2D eigenvalue weighted by Crippen LogP contribution is -2.40. The first kappa shape index (κ1) is 12.2. The smallest absolute Gasteiger partial charge is 0.337 e. The summed E-state index contributed by atoms with van der Waals surface area (Å²) in [5.41, 5.74) is 2.10. The average molecular weight is 237 g/mol. The van der Waals surface area contributed by atoms with Gasteiger partial charge in [0.1, 0.15) is 0 Å². The van der Waals surface area contributed by atoms with E-state index in [1.165, 1.54) is 0 Å². The van der Waals surface area contributed by atoms with Gasteiger partial charge < -0.3 is 14.4 Å². The summed E-state index contributed by atoms with van der Waals surface area (Å²) >= 11 is 0. The summed E-state index contributed by atoms with van der Waals surface area (Å²) in [4.78, 5) is 11.1. The Bertz CT molecular complexity index is 442. The van der Waals surface area contributed by atoms with Crippen LogP contribution < -0.4 is 0 Å². The van der Waals surface area contributed by atoms with Crippen molar-refractivity contribution in [3.8, 4) is 0 Å². The third-order valence-electron chi connectivity index (χ3n) is 3.62. The molecule has 1 aliphatic heterocycles. The highest BCUT2D eigenvalue weighted by Crippen LogP contribution is 2.31. The standard InChI is InChI=1S/C13H19NO3/c1-9-7-11(12(15)16)10(2)14(9)13(3)5-4-6-17-8-13/h7H,4-6,8H2,1-3H3,(H,15,16). The van der Waals surface area contributed by atoms with Crippen LogP contribution in [0.1, 0.15) is 41.5 Å². The van der Waals surface area contributed by atoms with Gasteiger partial charge in [-0.1, -0.05) is 0 Å². The molecule has 1 aromatic rings. The predicted molar refractivity (Wildman–Crippen MR) is 64.6 cm³/mol. The zero-order valence-corrected chi connectivity index (χ0v) is 10.6. The van der Waals surface area contributed by atoms with Crippen LogP contribution in [0.15, 0.2) is 6.07 Å². The van der Waals surface area contributed by atoms with E-state index in [9.17, 15) is 4.79 Å². The minimum absolute atomic E-state index is 0.111. The topological polar surface area (TPSA) is 51.5 Å². The van der Waals surface area contributed by atoms with Crippen LogP contribution in [0.5, 0.6) is 0 Å². The van der Waals surface area contributed by atoms with Crippen LogP contribution in [0.4, 0.5) is 0 Å². The molecule has 4 heteroatoms. The molecule has 2 heterocycles. The second-order valence-corrected chi connectivity index (χ2v) is 5.08. The van der Waals surface area contributed by atoms with E-state index in [2.05, 4.69) is 11.5 Å². The molecule has 1 saturated heterocycles. The van der Waals surface area contributed by atoms with Crippen molar-refractivity contribution in [2.24, 2.45) is 0 Å². The fourth-order valence-electron chi connectivity index (χ4n) is 2.91. The molecule has 0 saturated carbocycles. The molecular weight excluding hydrogens is 218 g/mol. The Labute approximate surface area is 101 Å². The van der Waals surface area contributed by atoms with Gasteiger partial charge >= 0.3 is 5.97 Å². The second-order valence-electron chi connectivity index (χ2n) is 5.08. The van der Waals surface area contributed by atoms with Crippen molar-refractivity contribution in [2.75, 3.05) is 13.2 Å². The molecule has 1 atom stereocenters. The van der Waals surface area contributed by atoms with Gasteiger partial charge in [-0.25, -0.2) is 4.79 Å². The minimum Gasteiger partial charge on any atom is -0.478 e. The Morgan fingerprint density at radius 1 is 1.53 bits per heavy atom. The number of hydrogen-bond donors (Lipinski definition) is 1. The van der Waals surface area contributed by atoms with Crippen molar-refractivity contribution in [3.05, 3.63) is 23.0 Å². The van der Waals surface area contributed by atoms with Gasteiger partial charge in [-0.2, -0.15) is 0 Å². The average Bonchev–Trinajstić information content (AvgIpc) is 2.56. The lowest BCUT2D eigenvalue weighted by molar-refractivity contribution is 0.00787. The lowest BCUT2D eigenvalue weighted by atomic mass is 9.94. The Morgan fingerprint density at radius 3 is 2.71 bits per heavy atom. The maximum atomic E-state index is 11.1. The summed E-state index contributed by atoms with van der Waals surface area (Å²) in [6, 6.07) is 1.75. The summed E-state index contributed by atoms with van der Waals surface area (Å²) in [6.07, 6.45) is 2.05. The van der Waals surface area contributed by atoms with E-state index in [4.69, 9.17) is 9.84 Å². The fourth-order valence-corrected chi connectivity index (χ4v) is 2.91. The fraction of sp³-hybridized carbons (Fsp3) is 0.615. The van der Waals surface area contributed by atoms with Gasteiger partial charge in [0.05, 0.1) is 17.7 Å². The normalized spacial score (nSPS) is 24.9. The Morgan fingerprint density at radius 2 is 2.24 bits per heavy atom. The lowest BCUT2D eigenvalue weighted by Gasteiger charge is -2.37. The van der Waals surface area contributed by atoms with E-state index in [1.54, 1.807) is 6.07 Å². The summed E-state index contributed by atoms with van der Waals surface area (Å²) in [5.74, 6) is -0.857. The van der Waals surface area contributed by atoms with Crippen molar-refractivity contribution in [3.63, 3.8) is 0 Å². The molecule has 17 heavy (non-hydrogen) atoms. The number of carboxylic acid groups (broad SMARTS) is 1. The third kappa shape index (κ3) is 1.97.